The fraction of sp³-hybridized carbons (Fsp3) is 0.381. The molecule has 1 aliphatic heterocycles. The molecule has 1 saturated heterocycles. The van der Waals surface area contributed by atoms with E-state index in [2.05, 4.69) is 4.90 Å². The van der Waals surface area contributed by atoms with Crippen LogP contribution in [0.4, 0.5) is 0 Å². The second-order valence-electron chi connectivity index (χ2n) is 7.64. The van der Waals surface area contributed by atoms with Crippen molar-refractivity contribution in [1.82, 2.24) is 4.90 Å². The second-order valence-corrected chi connectivity index (χ2v) is 9.86. The zero-order chi connectivity index (χ0) is 19.0. The Kier molecular flexibility index (Phi) is 4.78. The molecule has 1 N–H and O–H groups in total. The number of phenolic OH excluding ortho intramolecular Hbond substituents is 1. The molecule has 5 nitrogen and oxygen atoms in total. The van der Waals surface area contributed by atoms with Crippen molar-refractivity contribution in [1.29, 1.82) is 0 Å². The van der Waals surface area contributed by atoms with Gasteiger partial charge in [-0.05, 0) is 61.1 Å². The fourth-order valence-corrected chi connectivity index (χ4v) is 6.39. The molecule has 142 valence electrons. The molecule has 2 aromatic rings. The number of rotatable bonds is 5. The first-order chi connectivity index (χ1) is 12.9. The van der Waals surface area contributed by atoms with Gasteiger partial charge in [0.1, 0.15) is 5.75 Å². The van der Waals surface area contributed by atoms with Crippen LogP contribution in [0.15, 0.2) is 59.5 Å². The lowest BCUT2D eigenvalue weighted by Gasteiger charge is -2.18. The highest BCUT2D eigenvalue weighted by Crippen LogP contribution is 2.42. The number of sulfone groups is 1. The van der Waals surface area contributed by atoms with E-state index in [-0.39, 0.29) is 16.8 Å². The van der Waals surface area contributed by atoms with E-state index in [1.807, 2.05) is 6.07 Å². The highest BCUT2D eigenvalue weighted by atomic mass is 32.2. The Hall–Kier alpha value is -2.18. The molecule has 6 heteroatoms. The maximum atomic E-state index is 12.8. The molecule has 3 atom stereocenters. The summed E-state index contributed by atoms with van der Waals surface area (Å²) < 4.78 is 25.7. The third-order valence-electron chi connectivity index (χ3n) is 5.85. The second kappa shape index (κ2) is 7.09. The lowest BCUT2D eigenvalue weighted by molar-refractivity contribution is 0.0941. The van der Waals surface area contributed by atoms with Crippen LogP contribution in [0.3, 0.4) is 0 Å². The Balaban J connectivity index is 1.37. The molecule has 2 aromatic carbocycles. The van der Waals surface area contributed by atoms with Crippen LogP contribution in [0.25, 0.3) is 0 Å². The molecule has 27 heavy (non-hydrogen) atoms. The number of benzene rings is 2. The van der Waals surface area contributed by atoms with Gasteiger partial charge in [0.15, 0.2) is 15.6 Å². The minimum Gasteiger partial charge on any atom is -0.508 e. The highest BCUT2D eigenvalue weighted by Gasteiger charge is 2.45. The number of carbonyl (C=O) groups is 1. The minimum atomic E-state index is -3.28. The number of Topliss-reactive ketones (excluding diaryl/α,β-unsaturated/α-hetero) is 1. The van der Waals surface area contributed by atoms with Gasteiger partial charge in [-0.3, -0.25) is 9.69 Å². The predicted molar refractivity (Wildman–Crippen MR) is 103 cm³/mol. The van der Waals surface area contributed by atoms with Crippen LogP contribution in [0.1, 0.15) is 23.2 Å². The van der Waals surface area contributed by atoms with Crippen LogP contribution < -0.4 is 0 Å². The average molecular weight is 385 g/mol. The Bertz CT molecular complexity index is 910. The molecule has 1 saturated carbocycles. The number of hydrogen-bond donors (Lipinski definition) is 1. The maximum absolute atomic E-state index is 12.8. The monoisotopic (exact) mass is 385 g/mol. The lowest BCUT2D eigenvalue weighted by Crippen LogP contribution is -2.30. The van der Waals surface area contributed by atoms with Gasteiger partial charge in [-0.2, -0.15) is 0 Å². The predicted octanol–water partition coefficient (Wildman–Crippen LogP) is 2.76. The van der Waals surface area contributed by atoms with Crippen LogP contribution in [0, 0.1) is 11.8 Å². The number of nitrogens with zero attached hydrogens (tertiary/aromatic N) is 1. The highest BCUT2D eigenvalue weighted by molar-refractivity contribution is 7.92. The first-order valence-corrected chi connectivity index (χ1v) is 10.8. The summed E-state index contributed by atoms with van der Waals surface area (Å²) in [5, 5.41) is 9.02. The average Bonchev–Trinajstić information content (AvgIpc) is 3.22. The minimum absolute atomic E-state index is 0.0310. The summed E-state index contributed by atoms with van der Waals surface area (Å²) in [5.74, 6) is 0.846. The normalized spacial score (nSPS) is 25.4. The van der Waals surface area contributed by atoms with Gasteiger partial charge in [0.25, 0.3) is 0 Å². The number of phenols is 1. The number of fused-ring (bicyclic) bond motifs is 1. The number of ketones is 1. The Morgan fingerprint density at radius 3 is 2.15 bits per heavy atom. The zero-order valence-electron chi connectivity index (χ0n) is 15.0. The quantitative estimate of drug-likeness (QED) is 0.801. The molecule has 0 aromatic heterocycles. The van der Waals surface area contributed by atoms with E-state index in [1.165, 1.54) is 12.1 Å². The van der Waals surface area contributed by atoms with E-state index in [0.717, 1.165) is 13.1 Å². The van der Waals surface area contributed by atoms with Gasteiger partial charge in [-0.15, -0.1) is 0 Å². The third-order valence-corrected chi connectivity index (χ3v) is 8.04. The zero-order valence-corrected chi connectivity index (χ0v) is 15.8. The number of likely N-dealkylation sites (tertiary alicyclic amines) is 1. The SMILES string of the molecule is O=C(CN1C[C@H]2C[C@@H](S(=O)(=O)c3ccccc3)C[C@H]2C1)c1ccc(O)cc1. The standard InChI is InChI=1S/C21H23NO4S/c23-18-8-6-15(7-9-18)21(24)14-22-12-16-10-20(11-17(16)13-22)27(25,26)19-4-2-1-3-5-19/h1-9,16-17,20,23H,10-14H2/t16-,17+,20-. The van der Waals surface area contributed by atoms with Gasteiger partial charge in [-0.25, -0.2) is 8.42 Å². The molecule has 0 spiro atoms. The van der Waals surface area contributed by atoms with Crippen molar-refractivity contribution in [2.24, 2.45) is 11.8 Å². The Morgan fingerprint density at radius 2 is 1.56 bits per heavy atom. The summed E-state index contributed by atoms with van der Waals surface area (Å²) in [6, 6.07) is 15.0. The van der Waals surface area contributed by atoms with E-state index < -0.39 is 9.84 Å². The molecular weight excluding hydrogens is 362 g/mol. The largest absolute Gasteiger partial charge is 0.508 e. The molecule has 1 aliphatic carbocycles. The first kappa shape index (κ1) is 18.2. The summed E-state index contributed by atoms with van der Waals surface area (Å²) in [4.78, 5) is 15.0. The maximum Gasteiger partial charge on any atom is 0.181 e. The number of hydrogen-bond acceptors (Lipinski definition) is 5. The summed E-state index contributed by atoms with van der Waals surface area (Å²) in [7, 11) is -3.28. The molecule has 0 unspecified atom stereocenters. The van der Waals surface area contributed by atoms with Gasteiger partial charge < -0.3 is 5.11 Å². The molecule has 0 radical (unpaired) electrons. The summed E-state index contributed by atoms with van der Waals surface area (Å²) in [6.07, 6.45) is 1.34. The summed E-state index contributed by atoms with van der Waals surface area (Å²) in [5.41, 5.74) is 0.592. The van der Waals surface area contributed by atoms with Crippen LogP contribution in [-0.4, -0.2) is 49.1 Å². The number of carbonyl (C=O) groups excluding carboxylic acids is 1. The van der Waals surface area contributed by atoms with Crippen LogP contribution in [0.5, 0.6) is 5.75 Å². The van der Waals surface area contributed by atoms with Gasteiger partial charge in [0, 0.05) is 18.7 Å². The molecule has 2 fully saturated rings. The van der Waals surface area contributed by atoms with Crippen molar-refractivity contribution in [3.8, 4) is 5.75 Å². The fourth-order valence-electron chi connectivity index (χ4n) is 4.47. The van der Waals surface area contributed by atoms with Crippen LogP contribution >= 0.6 is 0 Å². The van der Waals surface area contributed by atoms with Crippen molar-refractivity contribution >= 4 is 15.6 Å². The molecule has 1 heterocycles. The smallest absolute Gasteiger partial charge is 0.181 e. The summed E-state index contributed by atoms with van der Waals surface area (Å²) in [6.45, 7) is 1.89. The Labute approximate surface area is 159 Å². The van der Waals surface area contributed by atoms with Crippen molar-refractivity contribution in [3.05, 3.63) is 60.2 Å². The van der Waals surface area contributed by atoms with Gasteiger partial charge in [-0.1, -0.05) is 18.2 Å². The molecule has 4 rings (SSSR count). The van der Waals surface area contributed by atoms with Crippen molar-refractivity contribution in [2.45, 2.75) is 23.0 Å². The lowest BCUT2D eigenvalue weighted by atomic mass is 10.0. The topological polar surface area (TPSA) is 74.7 Å². The van der Waals surface area contributed by atoms with Crippen LogP contribution in [0.2, 0.25) is 0 Å². The van der Waals surface area contributed by atoms with Gasteiger partial charge >= 0.3 is 0 Å². The Morgan fingerprint density at radius 1 is 0.963 bits per heavy atom. The van der Waals surface area contributed by atoms with E-state index >= 15 is 0 Å². The molecule has 2 aliphatic rings. The van der Waals surface area contributed by atoms with Crippen LogP contribution in [-0.2, 0) is 9.84 Å². The summed E-state index contributed by atoms with van der Waals surface area (Å²) >= 11 is 0. The van der Waals surface area contributed by atoms with E-state index in [1.54, 1.807) is 36.4 Å². The van der Waals surface area contributed by atoms with Crippen molar-refractivity contribution < 1.29 is 18.3 Å². The van der Waals surface area contributed by atoms with Gasteiger partial charge in [0.2, 0.25) is 0 Å². The van der Waals surface area contributed by atoms with Crippen molar-refractivity contribution in [3.63, 3.8) is 0 Å². The van der Waals surface area contributed by atoms with Gasteiger partial charge in [0.05, 0.1) is 16.7 Å². The number of aromatic hydroxyl groups is 1. The molecular formula is C21H23NO4S. The van der Waals surface area contributed by atoms with E-state index in [4.69, 9.17) is 0 Å². The van der Waals surface area contributed by atoms with E-state index in [0.29, 0.717) is 41.7 Å². The first-order valence-electron chi connectivity index (χ1n) is 9.27. The molecule has 0 amide bonds. The van der Waals surface area contributed by atoms with E-state index in [9.17, 15) is 18.3 Å². The van der Waals surface area contributed by atoms with Crippen molar-refractivity contribution in [2.75, 3.05) is 19.6 Å². The third kappa shape index (κ3) is 3.64. The molecule has 0 bridgehead atoms.